The molecule has 0 radical (unpaired) electrons. The minimum absolute atomic E-state index is 0.0144. The van der Waals surface area contributed by atoms with Crippen LogP contribution in [0.15, 0.2) is 53.5 Å². The number of carbonyl (C=O) groups excluding carboxylic acids is 1. The standard InChI is InChI=1S/C18H11F4N3O3/c19-11-5-2-6-13(28-18(20,21)22)14(11)9-3-1-4-10(7-9)15-17(27)24-8-12(25-15)16(23)26/h1-8H,(H2,23,26)(H,24,27). The fourth-order valence-electron chi connectivity index (χ4n) is 2.54. The third kappa shape index (κ3) is 4.00. The highest BCUT2D eigenvalue weighted by Crippen LogP contribution is 2.36. The zero-order valence-corrected chi connectivity index (χ0v) is 13.9. The fourth-order valence-corrected chi connectivity index (χ4v) is 2.54. The van der Waals surface area contributed by atoms with Crippen LogP contribution in [0, 0.1) is 5.82 Å². The maximum Gasteiger partial charge on any atom is 0.573 e. The van der Waals surface area contributed by atoms with E-state index in [0.29, 0.717) is 0 Å². The van der Waals surface area contributed by atoms with E-state index in [1.807, 2.05) is 0 Å². The van der Waals surface area contributed by atoms with Crippen molar-refractivity contribution in [2.75, 3.05) is 0 Å². The number of nitrogens with one attached hydrogen (secondary N) is 1. The van der Waals surface area contributed by atoms with Crippen LogP contribution in [0.3, 0.4) is 0 Å². The summed E-state index contributed by atoms with van der Waals surface area (Å²) in [6.45, 7) is 0. The number of rotatable bonds is 4. The van der Waals surface area contributed by atoms with E-state index in [4.69, 9.17) is 5.73 Å². The first-order valence-electron chi connectivity index (χ1n) is 7.70. The number of aromatic amines is 1. The second kappa shape index (κ2) is 7.14. The zero-order valence-electron chi connectivity index (χ0n) is 13.9. The first kappa shape index (κ1) is 19.1. The average Bonchev–Trinajstić information content (AvgIpc) is 2.61. The van der Waals surface area contributed by atoms with E-state index in [0.717, 1.165) is 24.4 Å². The minimum Gasteiger partial charge on any atom is -0.405 e. The molecule has 0 spiro atoms. The Morgan fingerprint density at radius 2 is 1.79 bits per heavy atom. The number of hydrogen-bond donors (Lipinski definition) is 2. The topological polar surface area (TPSA) is 98.1 Å². The number of benzene rings is 2. The summed E-state index contributed by atoms with van der Waals surface area (Å²) in [7, 11) is 0. The number of hydrogen-bond acceptors (Lipinski definition) is 4. The molecule has 0 bridgehead atoms. The molecular formula is C18H11F4N3O3. The van der Waals surface area contributed by atoms with E-state index in [1.165, 1.54) is 24.3 Å². The molecule has 1 aromatic heterocycles. The molecule has 0 atom stereocenters. The number of primary amides is 1. The van der Waals surface area contributed by atoms with Crippen molar-refractivity contribution in [1.29, 1.82) is 0 Å². The zero-order chi connectivity index (χ0) is 20.5. The highest BCUT2D eigenvalue weighted by Gasteiger charge is 2.33. The first-order chi connectivity index (χ1) is 13.2. The summed E-state index contributed by atoms with van der Waals surface area (Å²) in [6, 6.07) is 8.44. The van der Waals surface area contributed by atoms with Crippen LogP contribution in [0.25, 0.3) is 22.4 Å². The molecule has 10 heteroatoms. The lowest BCUT2D eigenvalue weighted by Crippen LogP contribution is -2.19. The summed E-state index contributed by atoms with van der Waals surface area (Å²) in [5, 5.41) is 0. The molecule has 3 aromatic rings. The highest BCUT2D eigenvalue weighted by molar-refractivity contribution is 5.91. The largest absolute Gasteiger partial charge is 0.573 e. The van der Waals surface area contributed by atoms with Crippen molar-refractivity contribution < 1.29 is 27.1 Å². The van der Waals surface area contributed by atoms with Crippen LogP contribution in [0.5, 0.6) is 5.75 Å². The molecule has 144 valence electrons. The Kier molecular flexibility index (Phi) is 4.87. The Labute approximate surface area is 154 Å². The number of halogens is 4. The summed E-state index contributed by atoms with van der Waals surface area (Å²) in [5.41, 5.74) is 3.77. The smallest absolute Gasteiger partial charge is 0.405 e. The van der Waals surface area contributed by atoms with E-state index >= 15 is 0 Å². The Morgan fingerprint density at radius 3 is 2.46 bits per heavy atom. The molecule has 2 aromatic carbocycles. The number of alkyl halides is 3. The van der Waals surface area contributed by atoms with Crippen molar-refractivity contribution in [3.8, 4) is 28.1 Å². The summed E-state index contributed by atoms with van der Waals surface area (Å²) in [4.78, 5) is 29.5. The Bertz CT molecular complexity index is 1110. The number of carbonyl (C=O) groups is 1. The van der Waals surface area contributed by atoms with Gasteiger partial charge < -0.3 is 15.5 Å². The van der Waals surface area contributed by atoms with Crippen molar-refractivity contribution >= 4 is 5.91 Å². The van der Waals surface area contributed by atoms with Crippen LogP contribution in [0.1, 0.15) is 10.5 Å². The van der Waals surface area contributed by atoms with Crippen LogP contribution < -0.4 is 16.0 Å². The number of aromatic nitrogens is 2. The lowest BCUT2D eigenvalue weighted by molar-refractivity contribution is -0.274. The number of nitrogens with two attached hydrogens (primary N) is 1. The van der Waals surface area contributed by atoms with E-state index in [2.05, 4.69) is 14.7 Å². The lowest BCUT2D eigenvalue weighted by atomic mass is 10.0. The maximum atomic E-state index is 14.3. The predicted molar refractivity (Wildman–Crippen MR) is 90.9 cm³/mol. The van der Waals surface area contributed by atoms with Gasteiger partial charge in [0.2, 0.25) is 0 Å². The molecular weight excluding hydrogens is 382 g/mol. The second-order valence-corrected chi connectivity index (χ2v) is 5.57. The summed E-state index contributed by atoms with van der Waals surface area (Å²) in [6.07, 6.45) is -3.99. The van der Waals surface area contributed by atoms with Crippen LogP contribution in [0.2, 0.25) is 0 Å². The molecule has 0 aliphatic heterocycles. The van der Waals surface area contributed by atoms with Gasteiger partial charge in [-0.2, -0.15) is 0 Å². The van der Waals surface area contributed by atoms with Crippen LogP contribution in [-0.4, -0.2) is 22.2 Å². The molecule has 0 fully saturated rings. The van der Waals surface area contributed by atoms with Crippen LogP contribution >= 0.6 is 0 Å². The Morgan fingerprint density at radius 1 is 1.11 bits per heavy atom. The molecule has 3 N–H and O–H groups in total. The van der Waals surface area contributed by atoms with Gasteiger partial charge in [0.1, 0.15) is 23.0 Å². The van der Waals surface area contributed by atoms with Crippen LogP contribution in [0.4, 0.5) is 17.6 Å². The molecule has 0 aliphatic carbocycles. The van der Waals surface area contributed by atoms with E-state index in [9.17, 15) is 27.2 Å². The van der Waals surface area contributed by atoms with Crippen molar-refractivity contribution in [3.05, 3.63) is 70.5 Å². The van der Waals surface area contributed by atoms with E-state index in [-0.39, 0.29) is 22.5 Å². The monoisotopic (exact) mass is 393 g/mol. The van der Waals surface area contributed by atoms with Crippen LogP contribution in [-0.2, 0) is 0 Å². The molecule has 0 unspecified atom stereocenters. The van der Waals surface area contributed by atoms with Crippen molar-refractivity contribution in [2.24, 2.45) is 5.73 Å². The van der Waals surface area contributed by atoms with Gasteiger partial charge in [0.25, 0.3) is 11.5 Å². The quantitative estimate of drug-likeness (QED) is 0.665. The number of H-pyrrole nitrogens is 1. The molecule has 1 amide bonds. The highest BCUT2D eigenvalue weighted by atomic mass is 19.4. The van der Waals surface area contributed by atoms with E-state index < -0.39 is 35.0 Å². The second-order valence-electron chi connectivity index (χ2n) is 5.57. The SMILES string of the molecule is NC(=O)c1c[nH]c(=O)c(-c2cccc(-c3c(F)cccc3OC(F)(F)F)c2)n1. The molecule has 6 nitrogen and oxygen atoms in total. The van der Waals surface area contributed by atoms with Gasteiger partial charge >= 0.3 is 6.36 Å². The molecule has 3 rings (SSSR count). The predicted octanol–water partition coefficient (Wildman–Crippen LogP) is 3.24. The van der Waals surface area contributed by atoms with Gasteiger partial charge in [0, 0.05) is 11.8 Å². The molecule has 0 saturated carbocycles. The lowest BCUT2D eigenvalue weighted by Gasteiger charge is -2.14. The van der Waals surface area contributed by atoms with E-state index in [1.54, 1.807) is 0 Å². The number of nitrogens with zero attached hydrogens (tertiary/aromatic N) is 1. The van der Waals surface area contributed by atoms with Gasteiger partial charge in [-0.15, -0.1) is 13.2 Å². The average molecular weight is 393 g/mol. The Balaban J connectivity index is 2.15. The van der Waals surface area contributed by atoms with Gasteiger partial charge in [-0.1, -0.05) is 24.3 Å². The van der Waals surface area contributed by atoms with Crippen molar-refractivity contribution in [1.82, 2.24) is 9.97 Å². The summed E-state index contributed by atoms with van der Waals surface area (Å²) < 4.78 is 56.1. The molecule has 28 heavy (non-hydrogen) atoms. The fraction of sp³-hybridized carbons (Fsp3) is 0.0556. The number of amides is 1. The minimum atomic E-state index is -5.02. The third-order valence-corrected chi connectivity index (χ3v) is 3.67. The van der Waals surface area contributed by atoms with Gasteiger partial charge in [-0.3, -0.25) is 9.59 Å². The van der Waals surface area contributed by atoms with Gasteiger partial charge in [-0.05, 0) is 23.8 Å². The third-order valence-electron chi connectivity index (χ3n) is 3.67. The summed E-state index contributed by atoms with van der Waals surface area (Å²) in [5.74, 6) is -2.58. The first-order valence-corrected chi connectivity index (χ1v) is 7.70. The normalized spacial score (nSPS) is 11.3. The van der Waals surface area contributed by atoms with Gasteiger partial charge in [0.15, 0.2) is 0 Å². The van der Waals surface area contributed by atoms with Gasteiger partial charge in [-0.25, -0.2) is 9.37 Å². The van der Waals surface area contributed by atoms with Crippen molar-refractivity contribution in [2.45, 2.75) is 6.36 Å². The molecule has 0 aliphatic rings. The van der Waals surface area contributed by atoms with Gasteiger partial charge in [0.05, 0.1) is 5.56 Å². The number of ether oxygens (including phenoxy) is 1. The molecule has 1 heterocycles. The maximum absolute atomic E-state index is 14.3. The van der Waals surface area contributed by atoms with Crippen molar-refractivity contribution in [3.63, 3.8) is 0 Å². The summed E-state index contributed by atoms with van der Waals surface area (Å²) >= 11 is 0. The molecule has 0 saturated heterocycles. The Hall–Kier alpha value is -3.69.